The molecule has 0 saturated carbocycles. The third-order valence-corrected chi connectivity index (χ3v) is 4.47. The number of thiazole rings is 1. The van der Waals surface area contributed by atoms with E-state index < -0.39 is 0 Å². The van der Waals surface area contributed by atoms with E-state index in [2.05, 4.69) is 28.5 Å². The summed E-state index contributed by atoms with van der Waals surface area (Å²) in [5.41, 5.74) is 3.97. The Morgan fingerprint density at radius 3 is 2.85 bits per heavy atom. The molecule has 1 aliphatic rings. The molecule has 0 saturated heterocycles. The van der Waals surface area contributed by atoms with Crippen molar-refractivity contribution in [3.8, 4) is 0 Å². The van der Waals surface area contributed by atoms with Gasteiger partial charge in [-0.2, -0.15) is 0 Å². The van der Waals surface area contributed by atoms with E-state index in [9.17, 15) is 4.79 Å². The minimum Gasteiger partial charge on any atom is -0.302 e. The Labute approximate surface area is 123 Å². The summed E-state index contributed by atoms with van der Waals surface area (Å²) in [6.07, 6.45) is 7.08. The molecule has 0 radical (unpaired) electrons. The summed E-state index contributed by atoms with van der Waals surface area (Å²) >= 11 is 1.51. The van der Waals surface area contributed by atoms with E-state index in [0.717, 1.165) is 16.9 Å². The van der Waals surface area contributed by atoms with Crippen LogP contribution in [0.3, 0.4) is 0 Å². The molecule has 3 rings (SSSR count). The van der Waals surface area contributed by atoms with E-state index in [-0.39, 0.29) is 5.91 Å². The van der Waals surface area contributed by atoms with Crippen LogP contribution in [0.5, 0.6) is 0 Å². The standard InChI is InChI=1S/C16H18N2OS/c1-11-10-17-16(20-11)18-15(19)9-12-6-7-13-4-2-3-5-14(13)8-12/h6-8,10H,2-5,9H2,1H3,(H,17,18,19). The number of anilines is 1. The fourth-order valence-corrected chi connectivity index (χ4v) is 3.34. The van der Waals surface area contributed by atoms with Crippen molar-refractivity contribution in [3.63, 3.8) is 0 Å². The van der Waals surface area contributed by atoms with Gasteiger partial charge in [-0.1, -0.05) is 18.2 Å². The number of benzene rings is 1. The van der Waals surface area contributed by atoms with Crippen LogP contribution in [0.2, 0.25) is 0 Å². The van der Waals surface area contributed by atoms with Crippen LogP contribution >= 0.6 is 11.3 Å². The summed E-state index contributed by atoms with van der Waals surface area (Å²) in [5, 5.41) is 3.55. The van der Waals surface area contributed by atoms with Gasteiger partial charge < -0.3 is 5.32 Å². The Hall–Kier alpha value is -1.68. The lowest BCUT2D eigenvalue weighted by Gasteiger charge is -2.16. The number of rotatable bonds is 3. The third kappa shape index (κ3) is 3.07. The number of carbonyl (C=O) groups is 1. The lowest BCUT2D eigenvalue weighted by Crippen LogP contribution is -2.14. The average Bonchev–Trinajstić information content (AvgIpc) is 2.83. The smallest absolute Gasteiger partial charge is 0.230 e. The molecule has 1 amide bonds. The maximum absolute atomic E-state index is 12.0. The van der Waals surface area contributed by atoms with Crippen LogP contribution in [0.25, 0.3) is 0 Å². The van der Waals surface area contributed by atoms with E-state index in [1.165, 1.54) is 41.7 Å². The van der Waals surface area contributed by atoms with E-state index >= 15 is 0 Å². The summed E-state index contributed by atoms with van der Waals surface area (Å²) in [6, 6.07) is 6.46. The molecule has 0 aliphatic heterocycles. The Morgan fingerprint density at radius 2 is 2.10 bits per heavy atom. The molecule has 0 spiro atoms. The molecule has 1 aromatic heterocycles. The predicted molar refractivity (Wildman–Crippen MR) is 82.3 cm³/mol. The number of nitrogens with zero attached hydrogens (tertiary/aromatic N) is 1. The van der Waals surface area contributed by atoms with Crippen molar-refractivity contribution in [2.45, 2.75) is 39.0 Å². The first kappa shape index (κ1) is 13.3. The number of aromatic nitrogens is 1. The highest BCUT2D eigenvalue weighted by molar-refractivity contribution is 7.15. The highest BCUT2D eigenvalue weighted by Gasteiger charge is 2.11. The van der Waals surface area contributed by atoms with Crippen LogP contribution in [-0.2, 0) is 24.1 Å². The molecule has 3 nitrogen and oxygen atoms in total. The maximum Gasteiger partial charge on any atom is 0.230 e. The van der Waals surface area contributed by atoms with Crippen LogP contribution in [0, 0.1) is 6.92 Å². The van der Waals surface area contributed by atoms with Gasteiger partial charge in [0.25, 0.3) is 0 Å². The number of amides is 1. The molecule has 0 atom stereocenters. The summed E-state index contributed by atoms with van der Waals surface area (Å²) in [4.78, 5) is 17.3. The van der Waals surface area contributed by atoms with Crippen LogP contribution in [-0.4, -0.2) is 10.9 Å². The molecule has 2 aromatic rings. The van der Waals surface area contributed by atoms with Crippen molar-refractivity contribution in [2.75, 3.05) is 5.32 Å². The fraction of sp³-hybridized carbons (Fsp3) is 0.375. The molecule has 1 heterocycles. The lowest BCUT2D eigenvalue weighted by atomic mass is 9.90. The fourth-order valence-electron chi connectivity index (χ4n) is 2.66. The monoisotopic (exact) mass is 286 g/mol. The number of carbonyl (C=O) groups excluding carboxylic acids is 1. The van der Waals surface area contributed by atoms with Crippen molar-refractivity contribution in [1.82, 2.24) is 4.98 Å². The normalized spacial score (nSPS) is 13.8. The molecule has 4 heteroatoms. The molecule has 20 heavy (non-hydrogen) atoms. The van der Waals surface area contributed by atoms with Gasteiger partial charge >= 0.3 is 0 Å². The zero-order valence-corrected chi connectivity index (χ0v) is 12.4. The van der Waals surface area contributed by atoms with Gasteiger partial charge in [0.05, 0.1) is 6.42 Å². The Kier molecular flexibility index (Phi) is 3.83. The van der Waals surface area contributed by atoms with Crippen molar-refractivity contribution < 1.29 is 4.79 Å². The molecule has 0 unspecified atom stereocenters. The van der Waals surface area contributed by atoms with Gasteiger partial charge in [-0.15, -0.1) is 11.3 Å². The van der Waals surface area contributed by atoms with Gasteiger partial charge in [0.1, 0.15) is 0 Å². The first-order valence-corrected chi connectivity index (χ1v) is 7.85. The maximum atomic E-state index is 12.0. The number of hydrogen-bond acceptors (Lipinski definition) is 3. The second-order valence-electron chi connectivity index (χ2n) is 5.31. The van der Waals surface area contributed by atoms with Gasteiger partial charge in [-0.25, -0.2) is 4.98 Å². The average molecular weight is 286 g/mol. The zero-order valence-electron chi connectivity index (χ0n) is 11.6. The second-order valence-corrected chi connectivity index (χ2v) is 6.55. The van der Waals surface area contributed by atoms with Crippen LogP contribution < -0.4 is 5.32 Å². The SMILES string of the molecule is Cc1cnc(NC(=O)Cc2ccc3c(c2)CCCC3)s1. The van der Waals surface area contributed by atoms with Crippen molar-refractivity contribution >= 4 is 22.4 Å². The molecule has 1 aromatic carbocycles. The summed E-state index contributed by atoms with van der Waals surface area (Å²) in [6.45, 7) is 1.98. The highest BCUT2D eigenvalue weighted by atomic mass is 32.1. The first-order chi connectivity index (χ1) is 9.70. The topological polar surface area (TPSA) is 42.0 Å². The van der Waals surface area contributed by atoms with E-state index in [4.69, 9.17) is 0 Å². The molecule has 1 aliphatic carbocycles. The van der Waals surface area contributed by atoms with Gasteiger partial charge in [0.2, 0.25) is 5.91 Å². The molecular formula is C16H18N2OS. The Morgan fingerprint density at radius 1 is 1.30 bits per heavy atom. The Balaban J connectivity index is 1.66. The quantitative estimate of drug-likeness (QED) is 0.938. The highest BCUT2D eigenvalue weighted by Crippen LogP contribution is 2.23. The van der Waals surface area contributed by atoms with E-state index in [1.54, 1.807) is 6.20 Å². The van der Waals surface area contributed by atoms with Crippen molar-refractivity contribution in [3.05, 3.63) is 46.0 Å². The Bertz CT molecular complexity index is 633. The van der Waals surface area contributed by atoms with Crippen molar-refractivity contribution in [1.29, 1.82) is 0 Å². The zero-order chi connectivity index (χ0) is 13.9. The lowest BCUT2D eigenvalue weighted by molar-refractivity contribution is -0.115. The van der Waals surface area contributed by atoms with Crippen LogP contribution in [0.1, 0.15) is 34.4 Å². The number of nitrogens with one attached hydrogen (secondary N) is 1. The minimum absolute atomic E-state index is 0.00936. The summed E-state index contributed by atoms with van der Waals surface area (Å²) in [7, 11) is 0. The van der Waals surface area contributed by atoms with Gasteiger partial charge in [0, 0.05) is 11.1 Å². The predicted octanol–water partition coefficient (Wildman–Crippen LogP) is 3.51. The summed E-state index contributed by atoms with van der Waals surface area (Å²) in [5.74, 6) is 0.00936. The van der Waals surface area contributed by atoms with Gasteiger partial charge in [-0.3, -0.25) is 4.79 Å². The second kappa shape index (κ2) is 5.75. The number of fused-ring (bicyclic) bond motifs is 1. The van der Waals surface area contributed by atoms with Crippen LogP contribution in [0.15, 0.2) is 24.4 Å². The first-order valence-electron chi connectivity index (χ1n) is 7.04. The molecule has 0 bridgehead atoms. The summed E-state index contributed by atoms with van der Waals surface area (Å²) < 4.78 is 0. The molecular weight excluding hydrogens is 268 g/mol. The number of hydrogen-bond donors (Lipinski definition) is 1. The third-order valence-electron chi connectivity index (χ3n) is 3.65. The minimum atomic E-state index is 0.00936. The largest absolute Gasteiger partial charge is 0.302 e. The van der Waals surface area contributed by atoms with E-state index in [1.807, 2.05) is 6.92 Å². The van der Waals surface area contributed by atoms with Crippen LogP contribution in [0.4, 0.5) is 5.13 Å². The molecule has 104 valence electrons. The number of aryl methyl sites for hydroxylation is 3. The van der Waals surface area contributed by atoms with Crippen molar-refractivity contribution in [2.24, 2.45) is 0 Å². The van der Waals surface area contributed by atoms with Gasteiger partial charge in [-0.05, 0) is 49.3 Å². The van der Waals surface area contributed by atoms with Gasteiger partial charge in [0.15, 0.2) is 5.13 Å². The molecule has 1 N–H and O–H groups in total. The molecule has 0 fully saturated rings. The van der Waals surface area contributed by atoms with E-state index in [0.29, 0.717) is 11.6 Å².